The van der Waals surface area contributed by atoms with Crippen LogP contribution in [0.4, 0.5) is 0 Å². The number of nitrogens with one attached hydrogen (secondary N) is 2. The molecule has 2 N–H and O–H groups in total. The molecule has 0 fully saturated rings. The number of rotatable bonds is 8. The van der Waals surface area contributed by atoms with Crippen molar-refractivity contribution in [3.8, 4) is 11.8 Å². The van der Waals surface area contributed by atoms with Gasteiger partial charge in [-0.25, -0.2) is 4.79 Å². The molecule has 0 saturated carbocycles. The molecule has 0 radical (unpaired) electrons. The Morgan fingerprint density at radius 1 is 1.09 bits per heavy atom. The van der Waals surface area contributed by atoms with E-state index in [0.717, 1.165) is 5.56 Å². The normalized spacial score (nSPS) is 12.1. The second-order valence-electron chi connectivity index (χ2n) is 8.87. The van der Waals surface area contributed by atoms with Gasteiger partial charge in [0.25, 0.3) is 0 Å². The maximum absolute atomic E-state index is 12.6. The first-order valence-corrected chi connectivity index (χ1v) is 11.7. The number of fused-ring (bicyclic) bond motifs is 1. The van der Waals surface area contributed by atoms with Crippen molar-refractivity contribution in [2.45, 2.75) is 33.4 Å². The molecule has 184 valence electrons. The van der Waals surface area contributed by atoms with Gasteiger partial charge in [0.1, 0.15) is 5.41 Å². The highest BCUT2D eigenvalue weighted by molar-refractivity contribution is 5.89. The number of hydrogen-bond donors (Lipinski definition) is 2. The van der Waals surface area contributed by atoms with E-state index < -0.39 is 11.4 Å². The summed E-state index contributed by atoms with van der Waals surface area (Å²) < 4.78 is 4.74. The summed E-state index contributed by atoms with van der Waals surface area (Å²) in [7, 11) is 1.34. The average Bonchev–Trinajstić information content (AvgIpc) is 2.88. The van der Waals surface area contributed by atoms with Gasteiger partial charge in [-0.1, -0.05) is 72.5 Å². The number of methoxy groups -OCH3 is 1. The second-order valence-corrected chi connectivity index (χ2v) is 8.87. The van der Waals surface area contributed by atoms with Crippen LogP contribution in [0.3, 0.4) is 0 Å². The minimum atomic E-state index is -0.853. The van der Waals surface area contributed by atoms with E-state index in [-0.39, 0.29) is 14.8 Å². The quantitative estimate of drug-likeness (QED) is 0.327. The highest BCUT2D eigenvalue weighted by Crippen LogP contribution is 2.23. The number of carbonyl (C=O) groups excluding carboxylic acids is 2. The van der Waals surface area contributed by atoms with E-state index in [2.05, 4.69) is 71.9 Å². The first kappa shape index (κ1) is 25.7. The monoisotopic (exact) mass is 472 g/mol. The van der Waals surface area contributed by atoms with Crippen molar-refractivity contribution in [3.05, 3.63) is 95.6 Å². The molecule has 0 saturated heterocycles. The largest absolute Gasteiger partial charge is 0.465 e. The zero-order valence-corrected chi connectivity index (χ0v) is 20.7. The molecule has 0 bridgehead atoms. The summed E-state index contributed by atoms with van der Waals surface area (Å²) in [6.45, 7) is 6.70. The molecule has 0 aliphatic rings. The molecule has 5 heteroatoms. The van der Waals surface area contributed by atoms with Crippen LogP contribution in [0.25, 0.3) is 10.8 Å². The molecular formula is C30H36N2O3. The van der Waals surface area contributed by atoms with Gasteiger partial charge in [0, 0.05) is 22.0 Å². The molecule has 3 aromatic carbocycles. The minimum absolute atomic E-state index is 0. The van der Waals surface area contributed by atoms with E-state index in [4.69, 9.17) is 4.74 Å². The fourth-order valence-electron chi connectivity index (χ4n) is 3.71. The minimum Gasteiger partial charge on any atom is -0.465 e. The van der Waals surface area contributed by atoms with Gasteiger partial charge in [-0.15, -0.1) is 0 Å². The Morgan fingerprint density at radius 2 is 1.83 bits per heavy atom. The van der Waals surface area contributed by atoms with Gasteiger partial charge in [0.2, 0.25) is 5.91 Å². The standard InChI is InChI=1S/C30H32N2O3.2H2/c1-22(26-17-11-14-24-13-6-7-16-27(24)26)31-19-9-5-8-18-30(2,3)29(34)32-21-23-12-10-15-25(20-23)28(33)35-4;;/h5-7,9-17,20,22,31H,19,21H2,1-4H3,(H,32,34);2*1H/b9-5+;;/t22-;;/m1../s1. The lowest BCUT2D eigenvalue weighted by Gasteiger charge is -2.17. The summed E-state index contributed by atoms with van der Waals surface area (Å²) in [6, 6.07) is 21.9. The Balaban J connectivity index is 0.00000342. The predicted molar refractivity (Wildman–Crippen MR) is 145 cm³/mol. The molecule has 0 heterocycles. The summed E-state index contributed by atoms with van der Waals surface area (Å²) in [5.41, 5.74) is 1.68. The van der Waals surface area contributed by atoms with Gasteiger partial charge in [-0.2, -0.15) is 0 Å². The zero-order valence-electron chi connectivity index (χ0n) is 20.7. The van der Waals surface area contributed by atoms with Gasteiger partial charge in [0.15, 0.2) is 0 Å². The third kappa shape index (κ3) is 7.05. The van der Waals surface area contributed by atoms with E-state index in [9.17, 15) is 9.59 Å². The number of benzene rings is 3. The molecule has 1 atom stereocenters. The Hall–Kier alpha value is -3.88. The Bertz CT molecular complexity index is 1290. The van der Waals surface area contributed by atoms with Crippen LogP contribution in [0, 0.1) is 17.3 Å². The molecule has 3 aromatic rings. The first-order valence-electron chi connectivity index (χ1n) is 11.7. The van der Waals surface area contributed by atoms with Crippen molar-refractivity contribution >= 4 is 22.6 Å². The molecular weight excluding hydrogens is 436 g/mol. The van der Waals surface area contributed by atoms with Gasteiger partial charge in [-0.05, 0) is 60.9 Å². The molecule has 0 aliphatic heterocycles. The number of allylic oxidation sites excluding steroid dienone is 1. The summed E-state index contributed by atoms with van der Waals surface area (Å²) in [5, 5.41) is 8.88. The van der Waals surface area contributed by atoms with E-state index in [1.54, 1.807) is 38.1 Å². The molecule has 0 unspecified atom stereocenters. The van der Waals surface area contributed by atoms with Crippen LogP contribution < -0.4 is 10.6 Å². The summed E-state index contributed by atoms with van der Waals surface area (Å²) in [4.78, 5) is 24.3. The lowest BCUT2D eigenvalue weighted by molar-refractivity contribution is -0.126. The van der Waals surface area contributed by atoms with Crippen molar-refractivity contribution < 1.29 is 17.2 Å². The lowest BCUT2D eigenvalue weighted by atomic mass is 9.93. The van der Waals surface area contributed by atoms with Crippen LogP contribution in [-0.4, -0.2) is 25.5 Å². The molecule has 0 aliphatic carbocycles. The number of ether oxygens (including phenoxy) is 1. The topological polar surface area (TPSA) is 67.4 Å². The van der Waals surface area contributed by atoms with E-state index in [1.165, 1.54) is 23.4 Å². The summed E-state index contributed by atoms with van der Waals surface area (Å²) in [5.74, 6) is 5.43. The highest BCUT2D eigenvalue weighted by atomic mass is 16.5. The molecule has 3 rings (SSSR count). The molecule has 0 spiro atoms. The summed E-state index contributed by atoms with van der Waals surface area (Å²) >= 11 is 0. The lowest BCUT2D eigenvalue weighted by Crippen LogP contribution is -2.35. The fourth-order valence-corrected chi connectivity index (χ4v) is 3.71. The van der Waals surface area contributed by atoms with E-state index in [1.807, 2.05) is 12.1 Å². The van der Waals surface area contributed by atoms with Gasteiger partial charge < -0.3 is 15.4 Å². The van der Waals surface area contributed by atoms with Crippen LogP contribution in [-0.2, 0) is 16.1 Å². The Labute approximate surface area is 210 Å². The molecule has 5 nitrogen and oxygen atoms in total. The third-order valence-electron chi connectivity index (χ3n) is 5.79. The molecule has 0 aromatic heterocycles. The van der Waals surface area contributed by atoms with Crippen molar-refractivity contribution in [1.29, 1.82) is 0 Å². The van der Waals surface area contributed by atoms with E-state index in [0.29, 0.717) is 18.7 Å². The third-order valence-corrected chi connectivity index (χ3v) is 5.79. The van der Waals surface area contributed by atoms with E-state index >= 15 is 0 Å². The number of hydrogen-bond acceptors (Lipinski definition) is 4. The highest BCUT2D eigenvalue weighted by Gasteiger charge is 2.24. The SMILES string of the molecule is COC(=O)c1cccc(CNC(=O)C(C)(C)C#C/C=C/CN[C@H](C)c2cccc3ccccc23)c1.[HH].[HH]. The van der Waals surface area contributed by atoms with Gasteiger partial charge >= 0.3 is 5.97 Å². The summed E-state index contributed by atoms with van der Waals surface area (Å²) in [6.07, 6.45) is 3.73. The van der Waals surface area contributed by atoms with Gasteiger partial charge in [-0.3, -0.25) is 4.79 Å². The van der Waals surface area contributed by atoms with Crippen molar-refractivity contribution in [2.75, 3.05) is 13.7 Å². The Morgan fingerprint density at radius 3 is 2.63 bits per heavy atom. The van der Waals surface area contributed by atoms with Crippen LogP contribution >= 0.6 is 0 Å². The predicted octanol–water partition coefficient (Wildman–Crippen LogP) is 5.67. The number of amides is 1. The Kier molecular flexibility index (Phi) is 8.83. The average molecular weight is 473 g/mol. The van der Waals surface area contributed by atoms with Crippen LogP contribution in [0.5, 0.6) is 0 Å². The maximum atomic E-state index is 12.6. The van der Waals surface area contributed by atoms with Crippen LogP contribution in [0.15, 0.2) is 78.9 Å². The van der Waals surface area contributed by atoms with Crippen molar-refractivity contribution in [2.24, 2.45) is 5.41 Å². The maximum Gasteiger partial charge on any atom is 0.337 e. The zero-order chi connectivity index (χ0) is 25.3. The second kappa shape index (κ2) is 12.0. The number of carbonyl (C=O) groups is 2. The van der Waals surface area contributed by atoms with Crippen molar-refractivity contribution in [1.82, 2.24) is 10.6 Å². The van der Waals surface area contributed by atoms with Crippen LogP contribution in [0.2, 0.25) is 0 Å². The first-order chi connectivity index (χ1) is 16.8. The molecule has 35 heavy (non-hydrogen) atoms. The fraction of sp³-hybridized carbons (Fsp3) is 0.267. The van der Waals surface area contributed by atoms with Gasteiger partial charge in [0.05, 0.1) is 12.7 Å². The smallest absolute Gasteiger partial charge is 0.337 e. The number of esters is 1. The molecule has 1 amide bonds. The van der Waals surface area contributed by atoms with Crippen molar-refractivity contribution in [3.63, 3.8) is 0 Å². The van der Waals surface area contributed by atoms with Crippen LogP contribution in [0.1, 0.15) is 51.2 Å².